The Labute approximate surface area is 110 Å². The van der Waals surface area contributed by atoms with E-state index in [2.05, 4.69) is 17.4 Å². The number of hydrogen-bond acceptors (Lipinski definition) is 3. The minimum absolute atomic E-state index is 0.270. The highest BCUT2D eigenvalue weighted by Gasteiger charge is 2.21. The van der Waals surface area contributed by atoms with Crippen molar-refractivity contribution in [1.82, 2.24) is 0 Å². The van der Waals surface area contributed by atoms with Crippen molar-refractivity contribution in [2.24, 2.45) is 0 Å². The first kappa shape index (κ1) is 13.4. The molecule has 1 unspecified atom stereocenters. The fourth-order valence-electron chi connectivity index (χ4n) is 2.26. The SMILES string of the molecule is CC(C)S(=O)(=O)CCC1CCc2ccccc2N1. The molecular weight excluding hydrogens is 246 g/mol. The Morgan fingerprint density at radius 1 is 1.33 bits per heavy atom. The summed E-state index contributed by atoms with van der Waals surface area (Å²) in [5.41, 5.74) is 2.50. The van der Waals surface area contributed by atoms with Gasteiger partial charge in [-0.15, -0.1) is 0 Å². The van der Waals surface area contributed by atoms with Gasteiger partial charge >= 0.3 is 0 Å². The molecule has 18 heavy (non-hydrogen) atoms. The van der Waals surface area contributed by atoms with Crippen LogP contribution in [0.15, 0.2) is 24.3 Å². The lowest BCUT2D eigenvalue weighted by molar-refractivity contribution is 0.568. The second-order valence-corrected chi connectivity index (χ2v) is 7.92. The Bertz CT molecular complexity index is 508. The molecule has 0 bridgehead atoms. The molecule has 1 aromatic carbocycles. The molecular formula is C14H21NO2S. The minimum Gasteiger partial charge on any atom is -0.382 e. The molecule has 1 aromatic rings. The van der Waals surface area contributed by atoms with Gasteiger partial charge in [0, 0.05) is 11.7 Å². The number of anilines is 1. The van der Waals surface area contributed by atoms with Crippen LogP contribution in [0, 0.1) is 0 Å². The van der Waals surface area contributed by atoms with Crippen molar-refractivity contribution in [3.8, 4) is 0 Å². The molecule has 2 rings (SSSR count). The van der Waals surface area contributed by atoms with Crippen molar-refractivity contribution in [2.45, 2.75) is 44.4 Å². The van der Waals surface area contributed by atoms with Crippen LogP contribution in [0.4, 0.5) is 5.69 Å². The fraction of sp³-hybridized carbons (Fsp3) is 0.571. The van der Waals surface area contributed by atoms with Gasteiger partial charge in [-0.1, -0.05) is 18.2 Å². The first-order valence-corrected chi connectivity index (χ1v) is 8.26. The normalized spacial score (nSPS) is 19.4. The van der Waals surface area contributed by atoms with E-state index < -0.39 is 9.84 Å². The zero-order valence-corrected chi connectivity index (χ0v) is 11.8. The fourth-order valence-corrected chi connectivity index (χ4v) is 3.34. The molecule has 3 nitrogen and oxygen atoms in total. The van der Waals surface area contributed by atoms with Gasteiger partial charge in [-0.05, 0) is 44.7 Å². The van der Waals surface area contributed by atoms with Crippen LogP contribution in [-0.2, 0) is 16.3 Å². The predicted octanol–water partition coefficient (Wildman–Crippen LogP) is 2.63. The lowest BCUT2D eigenvalue weighted by Gasteiger charge is -2.27. The molecule has 100 valence electrons. The highest BCUT2D eigenvalue weighted by atomic mass is 32.2. The van der Waals surface area contributed by atoms with Gasteiger partial charge in [0.15, 0.2) is 9.84 Å². The van der Waals surface area contributed by atoms with Crippen LogP contribution >= 0.6 is 0 Å². The molecule has 1 N–H and O–H groups in total. The largest absolute Gasteiger partial charge is 0.382 e. The van der Waals surface area contributed by atoms with E-state index in [1.54, 1.807) is 13.8 Å². The molecule has 0 fully saturated rings. The number of hydrogen-bond donors (Lipinski definition) is 1. The Hall–Kier alpha value is -1.03. The zero-order valence-electron chi connectivity index (χ0n) is 11.0. The topological polar surface area (TPSA) is 46.2 Å². The summed E-state index contributed by atoms with van der Waals surface area (Å²) in [4.78, 5) is 0. The average molecular weight is 267 g/mol. The molecule has 0 aliphatic carbocycles. The molecule has 0 amide bonds. The summed E-state index contributed by atoms with van der Waals surface area (Å²) in [6.07, 6.45) is 2.76. The Morgan fingerprint density at radius 3 is 2.78 bits per heavy atom. The lowest BCUT2D eigenvalue weighted by Crippen LogP contribution is -2.29. The molecule has 0 saturated heterocycles. The maximum Gasteiger partial charge on any atom is 0.152 e. The summed E-state index contributed by atoms with van der Waals surface area (Å²) < 4.78 is 23.6. The molecule has 1 heterocycles. The second-order valence-electron chi connectivity index (χ2n) is 5.24. The Morgan fingerprint density at radius 2 is 2.06 bits per heavy atom. The van der Waals surface area contributed by atoms with Crippen LogP contribution in [0.1, 0.15) is 32.3 Å². The molecule has 0 saturated carbocycles. The number of fused-ring (bicyclic) bond motifs is 1. The van der Waals surface area contributed by atoms with Gasteiger partial charge in [-0.25, -0.2) is 8.42 Å². The monoisotopic (exact) mass is 267 g/mol. The molecule has 0 radical (unpaired) electrons. The van der Waals surface area contributed by atoms with Crippen LogP contribution in [0.5, 0.6) is 0 Å². The van der Waals surface area contributed by atoms with E-state index in [1.165, 1.54) is 5.56 Å². The van der Waals surface area contributed by atoms with Gasteiger partial charge < -0.3 is 5.32 Å². The third-order valence-corrected chi connectivity index (χ3v) is 5.85. The van der Waals surface area contributed by atoms with E-state index in [-0.39, 0.29) is 17.0 Å². The third-order valence-electron chi connectivity index (χ3n) is 3.61. The molecule has 1 aliphatic rings. The lowest BCUT2D eigenvalue weighted by atomic mass is 9.97. The second kappa shape index (κ2) is 5.31. The van der Waals surface area contributed by atoms with Crippen molar-refractivity contribution in [3.63, 3.8) is 0 Å². The summed E-state index contributed by atoms with van der Waals surface area (Å²) >= 11 is 0. The Balaban J connectivity index is 1.95. The number of rotatable bonds is 4. The van der Waals surface area contributed by atoms with Crippen molar-refractivity contribution in [1.29, 1.82) is 0 Å². The first-order chi connectivity index (χ1) is 8.49. The number of sulfone groups is 1. The molecule has 1 aliphatic heterocycles. The standard InChI is InChI=1S/C14H21NO2S/c1-11(2)18(16,17)10-9-13-8-7-12-5-3-4-6-14(12)15-13/h3-6,11,13,15H,7-10H2,1-2H3. The average Bonchev–Trinajstić information content (AvgIpc) is 2.36. The van der Waals surface area contributed by atoms with Gasteiger partial charge in [0.25, 0.3) is 0 Å². The third kappa shape index (κ3) is 3.05. The van der Waals surface area contributed by atoms with Crippen LogP contribution in [0.3, 0.4) is 0 Å². The van der Waals surface area contributed by atoms with E-state index in [4.69, 9.17) is 0 Å². The quantitative estimate of drug-likeness (QED) is 0.912. The highest BCUT2D eigenvalue weighted by molar-refractivity contribution is 7.91. The summed E-state index contributed by atoms with van der Waals surface area (Å²) in [5.74, 6) is 0.282. The smallest absolute Gasteiger partial charge is 0.152 e. The summed E-state index contributed by atoms with van der Waals surface area (Å²) in [6.45, 7) is 3.50. The van der Waals surface area contributed by atoms with Crippen molar-refractivity contribution < 1.29 is 8.42 Å². The van der Waals surface area contributed by atoms with Gasteiger partial charge in [0.05, 0.1) is 11.0 Å². The van der Waals surface area contributed by atoms with Crippen LogP contribution in [0.25, 0.3) is 0 Å². The van der Waals surface area contributed by atoms with Crippen LogP contribution in [0.2, 0.25) is 0 Å². The number of para-hydroxylation sites is 1. The van der Waals surface area contributed by atoms with Gasteiger partial charge in [0.2, 0.25) is 0 Å². The van der Waals surface area contributed by atoms with E-state index in [0.29, 0.717) is 6.42 Å². The minimum atomic E-state index is -2.91. The highest BCUT2D eigenvalue weighted by Crippen LogP contribution is 2.25. The molecule has 0 aromatic heterocycles. The predicted molar refractivity (Wildman–Crippen MR) is 75.7 cm³/mol. The van der Waals surface area contributed by atoms with Crippen molar-refractivity contribution in [3.05, 3.63) is 29.8 Å². The van der Waals surface area contributed by atoms with Crippen LogP contribution < -0.4 is 5.32 Å². The zero-order chi connectivity index (χ0) is 13.2. The molecule has 4 heteroatoms. The number of aryl methyl sites for hydroxylation is 1. The van der Waals surface area contributed by atoms with E-state index in [1.807, 2.05) is 12.1 Å². The van der Waals surface area contributed by atoms with E-state index in [0.717, 1.165) is 18.5 Å². The van der Waals surface area contributed by atoms with E-state index in [9.17, 15) is 8.42 Å². The van der Waals surface area contributed by atoms with Crippen LogP contribution in [-0.4, -0.2) is 25.5 Å². The number of benzene rings is 1. The summed E-state index contributed by atoms with van der Waals surface area (Å²) in [5, 5.41) is 3.17. The van der Waals surface area contributed by atoms with Gasteiger partial charge in [-0.3, -0.25) is 0 Å². The van der Waals surface area contributed by atoms with E-state index >= 15 is 0 Å². The van der Waals surface area contributed by atoms with Crippen molar-refractivity contribution in [2.75, 3.05) is 11.1 Å². The Kier molecular flexibility index (Phi) is 3.95. The first-order valence-electron chi connectivity index (χ1n) is 6.55. The molecule has 1 atom stereocenters. The van der Waals surface area contributed by atoms with Crippen molar-refractivity contribution >= 4 is 15.5 Å². The maximum atomic E-state index is 11.8. The molecule has 0 spiro atoms. The number of nitrogens with one attached hydrogen (secondary N) is 1. The van der Waals surface area contributed by atoms with Gasteiger partial charge in [0.1, 0.15) is 0 Å². The maximum absolute atomic E-state index is 11.8. The summed E-state index contributed by atoms with van der Waals surface area (Å²) in [6, 6.07) is 8.54. The van der Waals surface area contributed by atoms with Gasteiger partial charge in [-0.2, -0.15) is 0 Å². The summed E-state index contributed by atoms with van der Waals surface area (Å²) in [7, 11) is -2.91.